The third-order valence-electron chi connectivity index (χ3n) is 4.82. The summed E-state index contributed by atoms with van der Waals surface area (Å²) < 4.78 is 25.1. The number of ether oxygens (including phenoxy) is 2. The summed E-state index contributed by atoms with van der Waals surface area (Å²) in [5, 5.41) is 6.06. The summed E-state index contributed by atoms with van der Waals surface area (Å²) in [4.78, 5) is 17.7. The maximum Gasteiger partial charge on any atom is 0.221 e. The molecule has 1 heterocycles. The largest absolute Gasteiger partial charge is 0.492 e. The van der Waals surface area contributed by atoms with E-state index >= 15 is 0 Å². The quantitative estimate of drug-likeness (QED) is 0.245. The van der Waals surface area contributed by atoms with Crippen molar-refractivity contribution in [3.8, 4) is 5.75 Å². The lowest BCUT2D eigenvalue weighted by molar-refractivity contribution is -0.114. The molecule has 0 bridgehead atoms. The molecule has 0 radical (unpaired) electrons. The van der Waals surface area contributed by atoms with Crippen molar-refractivity contribution in [3.05, 3.63) is 59.9 Å². The van der Waals surface area contributed by atoms with Crippen LogP contribution in [0.2, 0.25) is 0 Å². The molecule has 2 N–H and O–H groups in total. The summed E-state index contributed by atoms with van der Waals surface area (Å²) in [6, 6.07) is 13.7. The van der Waals surface area contributed by atoms with Crippen LogP contribution < -0.4 is 15.4 Å². The van der Waals surface area contributed by atoms with E-state index < -0.39 is 0 Å². The van der Waals surface area contributed by atoms with Gasteiger partial charge in [0, 0.05) is 32.3 Å². The van der Waals surface area contributed by atoms with Crippen LogP contribution in [0.5, 0.6) is 5.75 Å². The van der Waals surface area contributed by atoms with E-state index in [4.69, 9.17) is 9.47 Å². The Morgan fingerprint density at radius 3 is 2.69 bits per heavy atom. The van der Waals surface area contributed by atoms with E-state index in [0.29, 0.717) is 37.7 Å². The highest BCUT2D eigenvalue weighted by Gasteiger charge is 2.28. The molecule has 7 nitrogen and oxygen atoms in total. The lowest BCUT2D eigenvalue weighted by atomic mass is 10.1. The molecule has 1 fully saturated rings. The van der Waals surface area contributed by atoms with E-state index in [1.807, 2.05) is 25.1 Å². The van der Waals surface area contributed by atoms with Gasteiger partial charge in [0.15, 0.2) is 5.96 Å². The second-order valence-corrected chi connectivity index (χ2v) is 7.42. The van der Waals surface area contributed by atoms with E-state index in [1.54, 1.807) is 25.2 Å². The second-order valence-electron chi connectivity index (χ2n) is 7.42. The van der Waals surface area contributed by atoms with Crippen LogP contribution in [0.15, 0.2) is 53.5 Å². The van der Waals surface area contributed by atoms with Gasteiger partial charge in [0.1, 0.15) is 24.3 Å². The Morgan fingerprint density at radius 1 is 1.25 bits per heavy atom. The first-order chi connectivity index (χ1) is 14.9. The van der Waals surface area contributed by atoms with E-state index in [2.05, 4.69) is 20.5 Å². The van der Waals surface area contributed by atoms with Crippen molar-refractivity contribution in [2.24, 2.45) is 4.99 Å². The van der Waals surface area contributed by atoms with Crippen molar-refractivity contribution in [3.63, 3.8) is 0 Å². The number of nitrogens with zero attached hydrogens (tertiary/aromatic N) is 2. The van der Waals surface area contributed by atoms with E-state index in [9.17, 15) is 9.18 Å². The number of aliphatic imine (C=N–C) groups is 1. The average molecular weight is 556 g/mol. The molecule has 0 aliphatic carbocycles. The highest BCUT2D eigenvalue weighted by molar-refractivity contribution is 14.0. The minimum Gasteiger partial charge on any atom is -0.492 e. The average Bonchev–Trinajstić information content (AvgIpc) is 2.73. The first kappa shape index (κ1) is 25.9. The van der Waals surface area contributed by atoms with Crippen LogP contribution in [-0.4, -0.2) is 56.2 Å². The zero-order valence-corrected chi connectivity index (χ0v) is 20.8. The molecule has 3 rings (SSSR count). The van der Waals surface area contributed by atoms with E-state index in [0.717, 1.165) is 11.5 Å². The maximum atomic E-state index is 13.3. The highest BCUT2D eigenvalue weighted by Crippen LogP contribution is 2.25. The minimum atomic E-state index is -0.260. The normalized spacial score (nSPS) is 18.5. The molecule has 2 unspecified atom stereocenters. The van der Waals surface area contributed by atoms with Crippen LogP contribution in [0.1, 0.15) is 25.5 Å². The van der Waals surface area contributed by atoms with Crippen molar-refractivity contribution >= 4 is 41.5 Å². The zero-order valence-electron chi connectivity index (χ0n) is 18.5. The zero-order chi connectivity index (χ0) is 22.2. The van der Waals surface area contributed by atoms with Gasteiger partial charge in [0.05, 0.1) is 19.2 Å². The van der Waals surface area contributed by atoms with Crippen LogP contribution in [0, 0.1) is 5.82 Å². The molecule has 2 aromatic rings. The Hall–Kier alpha value is -2.40. The number of hydrogen-bond donors (Lipinski definition) is 2. The lowest BCUT2D eigenvalue weighted by Gasteiger charge is -2.38. The van der Waals surface area contributed by atoms with Crippen LogP contribution in [-0.2, 0) is 9.53 Å². The van der Waals surface area contributed by atoms with Gasteiger partial charge in [-0.05, 0) is 36.8 Å². The highest BCUT2D eigenvalue weighted by atomic mass is 127. The summed E-state index contributed by atoms with van der Waals surface area (Å²) in [5.74, 6) is 1.06. The van der Waals surface area contributed by atoms with Crippen LogP contribution in [0.3, 0.4) is 0 Å². The van der Waals surface area contributed by atoms with Crippen LogP contribution in [0.25, 0.3) is 0 Å². The number of carbonyl (C=O) groups excluding carboxylic acids is 1. The van der Waals surface area contributed by atoms with E-state index in [-0.39, 0.29) is 47.9 Å². The molecule has 0 aromatic heterocycles. The molecule has 0 saturated carbocycles. The smallest absolute Gasteiger partial charge is 0.221 e. The summed E-state index contributed by atoms with van der Waals surface area (Å²) >= 11 is 0. The number of halogens is 2. The Kier molecular flexibility index (Phi) is 10.2. The number of nitrogens with one attached hydrogen (secondary N) is 2. The number of guanidine groups is 1. The lowest BCUT2D eigenvalue weighted by Crippen LogP contribution is -2.51. The molecule has 2 atom stereocenters. The molecule has 1 aliphatic rings. The number of hydrogen-bond acceptors (Lipinski definition) is 4. The Morgan fingerprint density at radius 2 is 2.00 bits per heavy atom. The predicted octanol–water partition coefficient (Wildman–Crippen LogP) is 3.82. The van der Waals surface area contributed by atoms with Crippen molar-refractivity contribution in [1.82, 2.24) is 10.2 Å². The van der Waals surface area contributed by atoms with Gasteiger partial charge in [-0.3, -0.25) is 9.79 Å². The molecule has 0 spiro atoms. The van der Waals surface area contributed by atoms with Gasteiger partial charge in [-0.15, -0.1) is 24.0 Å². The monoisotopic (exact) mass is 556 g/mol. The fourth-order valence-electron chi connectivity index (χ4n) is 3.52. The Bertz CT molecular complexity index is 910. The van der Waals surface area contributed by atoms with Gasteiger partial charge in [-0.25, -0.2) is 4.39 Å². The van der Waals surface area contributed by atoms with Crippen molar-refractivity contribution in [1.29, 1.82) is 0 Å². The minimum absolute atomic E-state index is 0. The summed E-state index contributed by atoms with van der Waals surface area (Å²) in [6.07, 6.45) is -0.147. The number of carbonyl (C=O) groups is 1. The Labute approximate surface area is 205 Å². The van der Waals surface area contributed by atoms with Crippen molar-refractivity contribution in [2.75, 3.05) is 38.6 Å². The summed E-state index contributed by atoms with van der Waals surface area (Å²) in [6.45, 7) is 5.80. The van der Waals surface area contributed by atoms with Gasteiger partial charge in [0.2, 0.25) is 5.91 Å². The molecule has 1 saturated heterocycles. The molecule has 2 aromatic carbocycles. The third kappa shape index (κ3) is 7.63. The van der Waals surface area contributed by atoms with Gasteiger partial charge < -0.3 is 25.0 Å². The summed E-state index contributed by atoms with van der Waals surface area (Å²) in [5.41, 5.74) is 1.64. The first-order valence-electron chi connectivity index (χ1n) is 10.3. The molecule has 32 heavy (non-hydrogen) atoms. The van der Waals surface area contributed by atoms with Gasteiger partial charge >= 0.3 is 0 Å². The number of rotatable bonds is 6. The molecule has 9 heteroatoms. The SMILES string of the molecule is CN=C(NCCOc1cccc(NC(C)=O)c1)N1CC(C)OC(c2ccc(F)cc2)C1.I. The standard InChI is InChI=1S/C23H29FN4O3.HI/c1-16-14-28(15-22(31-16)18-7-9-19(24)10-8-18)23(25-3)26-11-12-30-21-6-4-5-20(13-21)27-17(2)29;/h4-10,13,16,22H,11-12,14-15H2,1-3H3,(H,25,26)(H,27,29);1H. The molecular formula is C23H30FIN4O3. The second kappa shape index (κ2) is 12.6. The molecule has 1 amide bonds. The molecule has 1 aliphatic heterocycles. The van der Waals surface area contributed by atoms with Crippen LogP contribution >= 0.6 is 24.0 Å². The van der Waals surface area contributed by atoms with Crippen molar-refractivity contribution in [2.45, 2.75) is 26.1 Å². The van der Waals surface area contributed by atoms with Gasteiger partial charge in [-0.1, -0.05) is 18.2 Å². The van der Waals surface area contributed by atoms with Gasteiger partial charge in [0.25, 0.3) is 0 Å². The topological polar surface area (TPSA) is 75.2 Å². The predicted molar refractivity (Wildman–Crippen MR) is 134 cm³/mol. The molecule has 174 valence electrons. The maximum absolute atomic E-state index is 13.3. The number of benzene rings is 2. The van der Waals surface area contributed by atoms with E-state index in [1.165, 1.54) is 19.1 Å². The fourth-order valence-corrected chi connectivity index (χ4v) is 3.52. The van der Waals surface area contributed by atoms with Crippen molar-refractivity contribution < 1.29 is 18.7 Å². The first-order valence-corrected chi connectivity index (χ1v) is 10.3. The van der Waals surface area contributed by atoms with Crippen LogP contribution in [0.4, 0.5) is 10.1 Å². The number of amides is 1. The molecular weight excluding hydrogens is 526 g/mol. The summed E-state index contributed by atoms with van der Waals surface area (Å²) in [7, 11) is 1.74. The number of morpholine rings is 1. The number of anilines is 1. The van der Waals surface area contributed by atoms with Gasteiger partial charge in [-0.2, -0.15) is 0 Å². The third-order valence-corrected chi connectivity index (χ3v) is 4.82. The Balaban J connectivity index is 0.00000363. The fraction of sp³-hybridized carbons (Fsp3) is 0.391.